The smallest absolute Gasteiger partial charge is 0.235 e. The maximum absolute atomic E-state index is 13.4. The number of allylic oxidation sites excluding steroid dienone is 2. The number of Topliss-reactive ketones (excluding diaryl/α,β-unsaturated/α-hetero) is 1. The molecule has 0 fully saturated rings. The number of aryl methyl sites for hydroxylation is 1. The van der Waals surface area contributed by atoms with Crippen LogP contribution in [0.5, 0.6) is 0 Å². The van der Waals surface area contributed by atoms with Crippen LogP contribution in [0.3, 0.4) is 0 Å². The molecule has 154 valence electrons. The molecular weight excluding hydrogens is 421 g/mol. The lowest BCUT2D eigenvalue weighted by atomic mass is 9.71. The lowest BCUT2D eigenvalue weighted by Crippen LogP contribution is -2.39. The van der Waals surface area contributed by atoms with Gasteiger partial charge in [-0.2, -0.15) is 0 Å². The van der Waals surface area contributed by atoms with Crippen molar-refractivity contribution in [3.05, 3.63) is 69.0 Å². The minimum absolute atomic E-state index is 0.0137. The number of hydrogen-bond donors (Lipinski definition) is 1. The van der Waals surface area contributed by atoms with E-state index < -0.39 is 11.8 Å². The van der Waals surface area contributed by atoms with Crippen LogP contribution in [0.1, 0.15) is 43.2 Å². The van der Waals surface area contributed by atoms with Crippen molar-refractivity contribution in [2.24, 2.45) is 10.9 Å². The molecule has 0 saturated heterocycles. The summed E-state index contributed by atoms with van der Waals surface area (Å²) in [6, 6.07) is 8.94. The molecule has 2 aliphatic rings. The summed E-state index contributed by atoms with van der Waals surface area (Å²) < 4.78 is 0. The molecule has 0 radical (unpaired) electrons. The Labute approximate surface area is 185 Å². The maximum atomic E-state index is 13.4. The van der Waals surface area contributed by atoms with E-state index in [0.29, 0.717) is 45.6 Å². The summed E-state index contributed by atoms with van der Waals surface area (Å²) in [5.74, 6) is -1.05. The molecule has 30 heavy (non-hydrogen) atoms. The number of ketones is 1. The number of halogens is 2. The molecule has 2 atom stereocenters. The molecule has 2 heterocycles. The fraction of sp³-hybridized carbons (Fsp3) is 0.304. The van der Waals surface area contributed by atoms with Gasteiger partial charge in [-0.3, -0.25) is 14.6 Å². The van der Waals surface area contributed by atoms with Crippen molar-refractivity contribution < 1.29 is 9.59 Å². The molecule has 1 aliphatic carbocycles. The number of carbonyl (C=O) groups excluding carboxylic acids is 2. The molecule has 1 unspecified atom stereocenters. The predicted molar refractivity (Wildman–Crippen MR) is 119 cm³/mol. The summed E-state index contributed by atoms with van der Waals surface area (Å²) in [4.78, 5) is 35.2. The number of nitrogens with zero attached hydrogens (tertiary/aromatic N) is 2. The Morgan fingerprint density at radius 3 is 2.67 bits per heavy atom. The number of benzene rings is 1. The summed E-state index contributed by atoms with van der Waals surface area (Å²) in [6.45, 7) is 3.75. The number of nitrogens with one attached hydrogen (secondary N) is 1. The first-order valence-electron chi connectivity index (χ1n) is 9.85. The minimum Gasteiger partial charge on any atom is -0.310 e. The topological polar surface area (TPSA) is 71.4 Å². The molecule has 1 aliphatic heterocycles. The largest absolute Gasteiger partial charge is 0.310 e. The minimum atomic E-state index is -0.690. The number of aromatic nitrogens is 1. The van der Waals surface area contributed by atoms with Crippen molar-refractivity contribution in [3.63, 3.8) is 0 Å². The SMILES string of the molecule is CC1=NC2=C(C(=O)CCC2)[C@@H](c2cccc(Cl)c2Cl)C1C(=O)Nc1ccc(C)cn1. The summed E-state index contributed by atoms with van der Waals surface area (Å²) in [7, 11) is 0. The summed E-state index contributed by atoms with van der Waals surface area (Å²) >= 11 is 12.8. The lowest BCUT2D eigenvalue weighted by molar-refractivity contribution is -0.119. The van der Waals surface area contributed by atoms with E-state index in [-0.39, 0.29) is 11.7 Å². The molecule has 7 heteroatoms. The van der Waals surface area contributed by atoms with Gasteiger partial charge in [0, 0.05) is 35.5 Å². The molecule has 2 aromatic rings. The normalized spacial score (nSPS) is 21.2. The molecule has 1 aromatic carbocycles. The fourth-order valence-corrected chi connectivity index (χ4v) is 4.61. The molecule has 1 N–H and O–H groups in total. The van der Waals surface area contributed by atoms with Gasteiger partial charge in [0.25, 0.3) is 0 Å². The van der Waals surface area contributed by atoms with Crippen LogP contribution in [0.15, 0.2) is 52.8 Å². The van der Waals surface area contributed by atoms with Gasteiger partial charge in [-0.1, -0.05) is 41.4 Å². The van der Waals surface area contributed by atoms with E-state index in [2.05, 4.69) is 15.3 Å². The number of rotatable bonds is 3. The van der Waals surface area contributed by atoms with Gasteiger partial charge in [0.2, 0.25) is 5.91 Å². The van der Waals surface area contributed by atoms with Crippen molar-refractivity contribution in [1.29, 1.82) is 0 Å². The van der Waals surface area contributed by atoms with Gasteiger partial charge < -0.3 is 5.32 Å². The standard InChI is InChI=1S/C23H21Cl2N3O2/c1-12-9-10-18(26-11-12)28-23(30)19-13(2)27-16-7-4-8-17(29)21(16)20(19)14-5-3-6-15(24)22(14)25/h3,5-6,9-11,19-20H,4,7-8H2,1-2H3,(H,26,28,30)/t19?,20-/m0/s1. The zero-order valence-electron chi connectivity index (χ0n) is 16.7. The van der Waals surface area contributed by atoms with Gasteiger partial charge in [-0.25, -0.2) is 4.98 Å². The number of anilines is 1. The van der Waals surface area contributed by atoms with Crippen LogP contribution in [0.4, 0.5) is 5.82 Å². The second-order valence-electron chi connectivity index (χ2n) is 7.70. The van der Waals surface area contributed by atoms with E-state index in [4.69, 9.17) is 23.2 Å². The summed E-state index contributed by atoms with van der Waals surface area (Å²) in [5, 5.41) is 3.62. The highest BCUT2D eigenvalue weighted by molar-refractivity contribution is 6.42. The summed E-state index contributed by atoms with van der Waals surface area (Å²) in [6.07, 6.45) is 3.60. The third kappa shape index (κ3) is 3.80. The molecule has 4 rings (SSSR count). The lowest BCUT2D eigenvalue weighted by Gasteiger charge is -2.35. The number of carbonyl (C=O) groups is 2. The van der Waals surface area contributed by atoms with Crippen LogP contribution in [0, 0.1) is 12.8 Å². The van der Waals surface area contributed by atoms with Crippen molar-refractivity contribution in [2.45, 2.75) is 39.0 Å². The van der Waals surface area contributed by atoms with E-state index in [9.17, 15) is 9.59 Å². The van der Waals surface area contributed by atoms with Crippen LogP contribution in [0.25, 0.3) is 0 Å². The van der Waals surface area contributed by atoms with E-state index in [1.165, 1.54) is 0 Å². The molecular formula is C23H21Cl2N3O2. The Hall–Kier alpha value is -2.50. The number of hydrogen-bond acceptors (Lipinski definition) is 4. The van der Waals surface area contributed by atoms with E-state index >= 15 is 0 Å². The van der Waals surface area contributed by atoms with Gasteiger partial charge in [0.05, 0.1) is 16.0 Å². The highest BCUT2D eigenvalue weighted by atomic mass is 35.5. The van der Waals surface area contributed by atoms with Gasteiger partial charge in [-0.05, 0) is 49.9 Å². The highest BCUT2D eigenvalue weighted by Gasteiger charge is 2.43. The van der Waals surface area contributed by atoms with Crippen molar-refractivity contribution >= 4 is 46.4 Å². The first kappa shape index (κ1) is 20.8. The number of aliphatic imine (C=N–C) groups is 1. The van der Waals surface area contributed by atoms with Crippen LogP contribution in [-0.4, -0.2) is 22.4 Å². The van der Waals surface area contributed by atoms with E-state index in [0.717, 1.165) is 17.7 Å². The maximum Gasteiger partial charge on any atom is 0.235 e. The molecule has 0 bridgehead atoms. The van der Waals surface area contributed by atoms with Crippen LogP contribution in [0.2, 0.25) is 10.0 Å². The second-order valence-corrected chi connectivity index (χ2v) is 8.48. The quantitative estimate of drug-likeness (QED) is 0.681. The Kier molecular flexibility index (Phi) is 5.76. The average Bonchev–Trinajstić information content (AvgIpc) is 2.71. The molecule has 0 spiro atoms. The Morgan fingerprint density at radius 1 is 1.13 bits per heavy atom. The van der Waals surface area contributed by atoms with Crippen LogP contribution in [-0.2, 0) is 9.59 Å². The van der Waals surface area contributed by atoms with Crippen molar-refractivity contribution in [3.8, 4) is 0 Å². The van der Waals surface area contributed by atoms with Crippen molar-refractivity contribution in [1.82, 2.24) is 4.98 Å². The molecule has 1 amide bonds. The first-order valence-corrected chi connectivity index (χ1v) is 10.6. The fourth-order valence-electron chi connectivity index (χ4n) is 4.19. The summed E-state index contributed by atoms with van der Waals surface area (Å²) in [5.41, 5.74) is 3.64. The van der Waals surface area contributed by atoms with Gasteiger partial charge >= 0.3 is 0 Å². The van der Waals surface area contributed by atoms with Gasteiger partial charge in [0.15, 0.2) is 5.78 Å². The zero-order chi connectivity index (χ0) is 21.4. The predicted octanol–water partition coefficient (Wildman–Crippen LogP) is 5.52. The number of pyridine rings is 1. The van der Waals surface area contributed by atoms with Gasteiger partial charge in [-0.15, -0.1) is 0 Å². The third-order valence-corrected chi connectivity index (χ3v) is 6.43. The Bertz CT molecular complexity index is 1090. The van der Waals surface area contributed by atoms with Crippen LogP contribution >= 0.6 is 23.2 Å². The van der Waals surface area contributed by atoms with E-state index in [1.54, 1.807) is 24.4 Å². The average molecular weight is 442 g/mol. The Balaban J connectivity index is 1.81. The molecule has 1 aromatic heterocycles. The number of amides is 1. The molecule has 5 nitrogen and oxygen atoms in total. The van der Waals surface area contributed by atoms with Crippen LogP contribution < -0.4 is 5.32 Å². The monoisotopic (exact) mass is 441 g/mol. The zero-order valence-corrected chi connectivity index (χ0v) is 18.2. The van der Waals surface area contributed by atoms with Gasteiger partial charge in [0.1, 0.15) is 5.82 Å². The highest BCUT2D eigenvalue weighted by Crippen LogP contribution is 2.46. The molecule has 0 saturated carbocycles. The van der Waals surface area contributed by atoms with Crippen molar-refractivity contribution in [2.75, 3.05) is 5.32 Å². The second kappa shape index (κ2) is 8.32. The first-order chi connectivity index (χ1) is 14.4. The van der Waals surface area contributed by atoms with E-state index in [1.807, 2.05) is 26.0 Å². The Morgan fingerprint density at radius 2 is 1.93 bits per heavy atom. The third-order valence-electron chi connectivity index (χ3n) is 5.60.